The summed E-state index contributed by atoms with van der Waals surface area (Å²) in [6.45, 7) is 8.48. The van der Waals surface area contributed by atoms with Crippen LogP contribution in [0.3, 0.4) is 0 Å². The molecule has 0 fully saturated rings. The Morgan fingerprint density at radius 1 is 1.12 bits per heavy atom. The van der Waals surface area contributed by atoms with E-state index in [2.05, 4.69) is 41.9 Å². The fourth-order valence-corrected chi connectivity index (χ4v) is 6.67. The number of rotatable bonds is 5. The first-order chi connectivity index (χ1) is 19.4. The van der Waals surface area contributed by atoms with Crippen molar-refractivity contribution in [2.75, 3.05) is 4.90 Å². The van der Waals surface area contributed by atoms with Crippen molar-refractivity contribution in [3.63, 3.8) is 0 Å². The van der Waals surface area contributed by atoms with E-state index in [0.29, 0.717) is 46.3 Å². The summed E-state index contributed by atoms with van der Waals surface area (Å²) in [5, 5.41) is 11.2. The normalized spacial score (nSPS) is 18.3. The van der Waals surface area contributed by atoms with E-state index < -0.39 is 5.92 Å². The first-order valence-electron chi connectivity index (χ1n) is 13.3. The standard InChI is InChI=1S/C33H30BrCl2N3O2/c1-18-12-20(17-41-28-11-6-5-8-23(28)34)19(2)21(13-18)29-22(16-37)32(38)39(25-10-7-9-24(35)31(25)36)26-14-33(3,4)15-27(40)30(26)29/h5-13,29H,14-15,17,38H2,1-4H3. The monoisotopic (exact) mass is 649 g/mol. The Morgan fingerprint density at radius 3 is 2.56 bits per heavy atom. The maximum Gasteiger partial charge on any atom is 0.162 e. The Balaban J connectivity index is 1.70. The molecule has 3 aromatic rings. The Hall–Kier alpha value is -3.24. The number of anilines is 1. The van der Waals surface area contributed by atoms with Crippen molar-refractivity contribution in [1.29, 1.82) is 5.26 Å². The molecule has 8 heteroatoms. The van der Waals surface area contributed by atoms with Gasteiger partial charge in [0, 0.05) is 17.7 Å². The van der Waals surface area contributed by atoms with Crippen LogP contribution in [0.4, 0.5) is 5.69 Å². The second-order valence-electron chi connectivity index (χ2n) is 11.4. The summed E-state index contributed by atoms with van der Waals surface area (Å²) in [6.07, 6.45) is 0.941. The molecular weight excluding hydrogens is 621 g/mol. The first-order valence-corrected chi connectivity index (χ1v) is 14.9. The third-order valence-electron chi connectivity index (χ3n) is 7.78. The number of allylic oxidation sites excluding steroid dienone is 3. The lowest BCUT2D eigenvalue weighted by Gasteiger charge is -2.44. The highest BCUT2D eigenvalue weighted by Gasteiger charge is 2.45. The summed E-state index contributed by atoms with van der Waals surface area (Å²) in [5.74, 6) is 0.363. The highest BCUT2D eigenvalue weighted by Crippen LogP contribution is 2.52. The van der Waals surface area contributed by atoms with E-state index in [-0.39, 0.29) is 17.0 Å². The Bertz CT molecular complexity index is 1690. The summed E-state index contributed by atoms with van der Waals surface area (Å²) in [7, 11) is 0. The van der Waals surface area contributed by atoms with Gasteiger partial charge in [-0.15, -0.1) is 0 Å². The van der Waals surface area contributed by atoms with Crippen molar-refractivity contribution in [3.05, 3.63) is 114 Å². The number of ketones is 1. The molecule has 41 heavy (non-hydrogen) atoms. The van der Waals surface area contributed by atoms with Gasteiger partial charge in [-0.05, 0) is 82.6 Å². The summed E-state index contributed by atoms with van der Waals surface area (Å²) >= 11 is 16.6. The largest absolute Gasteiger partial charge is 0.488 e. The zero-order chi connectivity index (χ0) is 29.6. The Labute approximate surface area is 259 Å². The van der Waals surface area contributed by atoms with Gasteiger partial charge in [0.15, 0.2) is 5.78 Å². The number of hydrogen-bond acceptors (Lipinski definition) is 5. The molecule has 3 aromatic carbocycles. The van der Waals surface area contributed by atoms with Crippen molar-refractivity contribution in [1.82, 2.24) is 0 Å². The van der Waals surface area contributed by atoms with Crippen molar-refractivity contribution in [2.24, 2.45) is 11.1 Å². The summed E-state index contributed by atoms with van der Waals surface area (Å²) in [5.41, 5.74) is 12.5. The van der Waals surface area contributed by atoms with Crippen molar-refractivity contribution in [3.8, 4) is 11.8 Å². The Kier molecular flexibility index (Phi) is 8.00. The molecular formula is C33H30BrCl2N3O2. The predicted octanol–water partition coefficient (Wildman–Crippen LogP) is 8.89. The van der Waals surface area contributed by atoms with Crippen LogP contribution in [0, 0.1) is 30.6 Å². The van der Waals surface area contributed by atoms with E-state index in [1.54, 1.807) is 17.0 Å². The summed E-state index contributed by atoms with van der Waals surface area (Å²) in [4.78, 5) is 15.8. The van der Waals surface area contributed by atoms with E-state index in [4.69, 9.17) is 33.7 Å². The third kappa shape index (κ3) is 5.39. The maximum atomic E-state index is 14.0. The number of carbonyl (C=O) groups is 1. The van der Waals surface area contributed by atoms with Crippen LogP contribution in [0.15, 0.2) is 81.7 Å². The van der Waals surface area contributed by atoms with E-state index in [1.165, 1.54) is 0 Å². The van der Waals surface area contributed by atoms with Crippen molar-refractivity contribution < 1.29 is 9.53 Å². The lowest BCUT2D eigenvalue weighted by Crippen LogP contribution is -2.42. The molecule has 5 nitrogen and oxygen atoms in total. The fourth-order valence-electron chi connectivity index (χ4n) is 5.89. The maximum absolute atomic E-state index is 14.0. The number of benzene rings is 3. The highest BCUT2D eigenvalue weighted by atomic mass is 79.9. The number of nitrogens with two attached hydrogens (primary N) is 1. The number of nitriles is 1. The van der Waals surface area contributed by atoms with Crippen LogP contribution in [-0.2, 0) is 11.4 Å². The summed E-state index contributed by atoms with van der Waals surface area (Å²) < 4.78 is 7.03. The zero-order valence-corrected chi connectivity index (χ0v) is 26.4. The minimum atomic E-state index is -0.616. The number of halogens is 3. The molecule has 210 valence electrons. The van der Waals surface area contributed by atoms with Gasteiger partial charge in [-0.1, -0.05) is 72.9 Å². The molecule has 1 aliphatic carbocycles. The molecule has 0 radical (unpaired) electrons. The quantitative estimate of drug-likeness (QED) is 0.298. The molecule has 0 spiro atoms. The second-order valence-corrected chi connectivity index (χ2v) is 13.1. The van der Waals surface area contributed by atoms with Gasteiger partial charge in [0.25, 0.3) is 0 Å². The molecule has 0 saturated carbocycles. The third-order valence-corrected chi connectivity index (χ3v) is 9.25. The van der Waals surface area contributed by atoms with Gasteiger partial charge in [0.1, 0.15) is 18.2 Å². The van der Waals surface area contributed by atoms with Gasteiger partial charge in [-0.3, -0.25) is 9.69 Å². The number of ether oxygens (including phenoxy) is 1. The van der Waals surface area contributed by atoms with Crippen LogP contribution in [0.25, 0.3) is 0 Å². The molecule has 0 saturated heterocycles. The lowest BCUT2D eigenvalue weighted by atomic mass is 9.68. The first kappa shape index (κ1) is 29.3. The van der Waals surface area contributed by atoms with E-state index in [0.717, 1.165) is 38.2 Å². The number of carbonyl (C=O) groups excluding carboxylic acids is 1. The molecule has 0 aromatic heterocycles. The number of para-hydroxylation sites is 1. The van der Waals surface area contributed by atoms with Crippen LogP contribution in [0.5, 0.6) is 5.75 Å². The average molecular weight is 651 g/mol. The molecule has 2 N–H and O–H groups in total. The van der Waals surface area contributed by atoms with Crippen LogP contribution < -0.4 is 15.4 Å². The Morgan fingerprint density at radius 2 is 1.85 bits per heavy atom. The van der Waals surface area contributed by atoms with Gasteiger partial charge >= 0.3 is 0 Å². The number of nitrogens with zero attached hydrogens (tertiary/aromatic N) is 2. The minimum Gasteiger partial charge on any atom is -0.488 e. The van der Waals surface area contributed by atoms with Crippen LogP contribution in [0.1, 0.15) is 54.9 Å². The lowest BCUT2D eigenvalue weighted by molar-refractivity contribution is -0.118. The number of aryl methyl sites for hydroxylation is 1. The number of hydrogen-bond donors (Lipinski definition) is 1. The van der Waals surface area contributed by atoms with Gasteiger partial charge in [0.05, 0.1) is 37.8 Å². The highest BCUT2D eigenvalue weighted by molar-refractivity contribution is 9.10. The predicted molar refractivity (Wildman–Crippen MR) is 168 cm³/mol. The molecule has 2 aliphatic rings. The zero-order valence-electron chi connectivity index (χ0n) is 23.3. The minimum absolute atomic E-state index is 0.00317. The van der Waals surface area contributed by atoms with Gasteiger partial charge < -0.3 is 10.5 Å². The SMILES string of the molecule is Cc1cc(COc2ccccc2Br)c(C)c(C2C(C#N)=C(N)N(c3cccc(Cl)c3Cl)C3=C2C(=O)CC(C)(C)C3)c1. The molecule has 1 aliphatic heterocycles. The average Bonchev–Trinajstić information content (AvgIpc) is 2.90. The smallest absolute Gasteiger partial charge is 0.162 e. The van der Waals surface area contributed by atoms with Gasteiger partial charge in [0.2, 0.25) is 0 Å². The molecule has 0 bridgehead atoms. The molecule has 1 atom stereocenters. The van der Waals surface area contributed by atoms with Gasteiger partial charge in [-0.25, -0.2) is 0 Å². The van der Waals surface area contributed by atoms with Crippen LogP contribution in [0.2, 0.25) is 10.0 Å². The van der Waals surface area contributed by atoms with E-state index in [1.807, 2.05) is 50.2 Å². The van der Waals surface area contributed by atoms with Crippen molar-refractivity contribution in [2.45, 2.75) is 53.1 Å². The molecule has 0 amide bonds. The number of Topliss-reactive ketones (excluding diaryl/α,β-unsaturated/α-hetero) is 1. The van der Waals surface area contributed by atoms with Crippen LogP contribution >= 0.6 is 39.1 Å². The van der Waals surface area contributed by atoms with Crippen molar-refractivity contribution >= 4 is 50.6 Å². The molecule has 1 heterocycles. The van der Waals surface area contributed by atoms with E-state index in [9.17, 15) is 10.1 Å². The summed E-state index contributed by atoms with van der Waals surface area (Å²) in [6, 6.07) is 19.5. The fraction of sp³-hybridized carbons (Fsp3) is 0.273. The molecule has 1 unspecified atom stereocenters. The topological polar surface area (TPSA) is 79.3 Å². The molecule has 5 rings (SSSR count). The van der Waals surface area contributed by atoms with Crippen LogP contribution in [-0.4, -0.2) is 5.78 Å². The van der Waals surface area contributed by atoms with Gasteiger partial charge in [-0.2, -0.15) is 5.26 Å². The van der Waals surface area contributed by atoms with E-state index >= 15 is 0 Å². The second kappa shape index (κ2) is 11.2.